The highest BCUT2D eigenvalue weighted by molar-refractivity contribution is 9.10. The molecule has 1 saturated carbocycles. The summed E-state index contributed by atoms with van der Waals surface area (Å²) in [6.07, 6.45) is 2.65. The van der Waals surface area contributed by atoms with Crippen LogP contribution in [0.4, 0.5) is 0 Å². The summed E-state index contributed by atoms with van der Waals surface area (Å²) in [6.45, 7) is 2.07. The van der Waals surface area contributed by atoms with Crippen LogP contribution in [0.1, 0.15) is 25.3 Å². The number of hydrogen-bond acceptors (Lipinski definition) is 2. The third-order valence-corrected chi connectivity index (χ3v) is 4.05. The van der Waals surface area contributed by atoms with Crippen LogP contribution in [-0.2, 0) is 16.0 Å². The maximum atomic E-state index is 11.8. The molecular weight excluding hydrogens is 306 g/mol. The highest BCUT2D eigenvalue weighted by Gasteiger charge is 2.32. The fourth-order valence-electron chi connectivity index (χ4n) is 2.05. The van der Waals surface area contributed by atoms with Gasteiger partial charge in [0, 0.05) is 16.8 Å². The normalized spacial score (nSPS) is 15.9. The van der Waals surface area contributed by atoms with Gasteiger partial charge >= 0.3 is 0 Å². The van der Waals surface area contributed by atoms with Crippen molar-refractivity contribution < 1.29 is 9.59 Å². The monoisotopic (exact) mass is 323 g/mol. The Morgan fingerprint density at radius 1 is 1.32 bits per heavy atom. The number of carbonyl (C=O) groups is 2. The first kappa shape index (κ1) is 14.3. The number of rotatable bonds is 6. The van der Waals surface area contributed by atoms with Gasteiger partial charge in [-0.1, -0.05) is 35.0 Å². The molecule has 0 heterocycles. The molecule has 0 saturated heterocycles. The number of halogens is 1. The molecule has 1 aromatic rings. The van der Waals surface area contributed by atoms with Crippen LogP contribution in [0.3, 0.4) is 0 Å². The zero-order chi connectivity index (χ0) is 13.8. The van der Waals surface area contributed by atoms with E-state index in [9.17, 15) is 9.59 Å². The van der Waals surface area contributed by atoms with Crippen LogP contribution in [0.15, 0.2) is 28.7 Å². The summed E-state index contributed by atoms with van der Waals surface area (Å²) in [4.78, 5) is 23.5. The molecule has 1 N–H and O–H groups in total. The van der Waals surface area contributed by atoms with E-state index in [1.807, 2.05) is 31.2 Å². The molecule has 102 valence electrons. The van der Waals surface area contributed by atoms with Crippen molar-refractivity contribution in [3.05, 3.63) is 34.3 Å². The first-order valence-electron chi connectivity index (χ1n) is 6.60. The highest BCUT2D eigenvalue weighted by Crippen LogP contribution is 2.36. The number of amides is 1. The molecular formula is C15H18BrNO2. The van der Waals surface area contributed by atoms with Gasteiger partial charge in [-0.05, 0) is 36.5 Å². The van der Waals surface area contributed by atoms with Gasteiger partial charge in [-0.25, -0.2) is 0 Å². The van der Waals surface area contributed by atoms with Crippen LogP contribution in [0.2, 0.25) is 0 Å². The number of carbonyl (C=O) groups excluding carboxylic acids is 2. The summed E-state index contributed by atoms with van der Waals surface area (Å²) in [6, 6.07) is 7.65. The Labute approximate surface area is 121 Å². The second-order valence-electron chi connectivity index (χ2n) is 5.19. The number of Topliss-reactive ketones (excluding diaryl/α,β-unsaturated/α-hetero) is 1. The van der Waals surface area contributed by atoms with E-state index in [2.05, 4.69) is 21.2 Å². The molecule has 0 unspecified atom stereocenters. The van der Waals surface area contributed by atoms with E-state index >= 15 is 0 Å². The Morgan fingerprint density at radius 3 is 2.53 bits per heavy atom. The Kier molecular flexibility index (Phi) is 4.75. The quantitative estimate of drug-likeness (QED) is 0.874. The van der Waals surface area contributed by atoms with Gasteiger partial charge in [0.2, 0.25) is 5.91 Å². The highest BCUT2D eigenvalue weighted by atomic mass is 79.9. The fourth-order valence-corrected chi connectivity index (χ4v) is 2.31. The van der Waals surface area contributed by atoms with E-state index in [0.29, 0.717) is 12.3 Å². The van der Waals surface area contributed by atoms with E-state index < -0.39 is 0 Å². The minimum absolute atomic E-state index is 0.00616. The van der Waals surface area contributed by atoms with Crippen LogP contribution in [0, 0.1) is 11.8 Å². The van der Waals surface area contributed by atoms with Crippen molar-refractivity contribution in [3.63, 3.8) is 0 Å². The average molecular weight is 324 g/mol. The maximum Gasteiger partial charge on any atom is 0.223 e. The molecule has 1 aliphatic rings. The average Bonchev–Trinajstić information content (AvgIpc) is 3.22. The van der Waals surface area contributed by atoms with Crippen LogP contribution in [-0.4, -0.2) is 18.2 Å². The van der Waals surface area contributed by atoms with Gasteiger partial charge in [0.05, 0.1) is 6.54 Å². The van der Waals surface area contributed by atoms with Crippen molar-refractivity contribution in [2.75, 3.05) is 6.54 Å². The zero-order valence-corrected chi connectivity index (χ0v) is 12.6. The molecule has 0 radical (unpaired) electrons. The molecule has 1 aromatic carbocycles. The smallest absolute Gasteiger partial charge is 0.223 e. The van der Waals surface area contributed by atoms with Crippen LogP contribution in [0.5, 0.6) is 0 Å². The van der Waals surface area contributed by atoms with Gasteiger partial charge < -0.3 is 5.32 Å². The largest absolute Gasteiger partial charge is 0.349 e. The minimum atomic E-state index is 0.00616. The summed E-state index contributed by atoms with van der Waals surface area (Å²) in [7, 11) is 0. The summed E-state index contributed by atoms with van der Waals surface area (Å²) in [5.41, 5.74) is 0.970. The van der Waals surface area contributed by atoms with Crippen LogP contribution < -0.4 is 5.32 Å². The fraction of sp³-hybridized carbons (Fsp3) is 0.467. The van der Waals surface area contributed by atoms with E-state index in [1.54, 1.807) is 0 Å². The molecule has 1 atom stereocenters. The predicted octanol–water partition coefficient (Wildman–Crippen LogP) is 2.72. The first-order chi connectivity index (χ1) is 9.06. The second kappa shape index (κ2) is 6.33. The predicted molar refractivity (Wildman–Crippen MR) is 77.8 cm³/mol. The number of nitrogens with one attached hydrogen (secondary N) is 1. The Hall–Kier alpha value is -1.16. The number of ketones is 1. The van der Waals surface area contributed by atoms with E-state index in [0.717, 1.165) is 22.9 Å². The first-order valence-corrected chi connectivity index (χ1v) is 7.39. The van der Waals surface area contributed by atoms with Crippen molar-refractivity contribution in [2.45, 2.75) is 26.2 Å². The molecule has 0 aromatic heterocycles. The second-order valence-corrected chi connectivity index (χ2v) is 6.10. The standard InChI is InChI=1S/C15H18BrNO2/c1-10(12-4-5-12)15(19)17-9-14(18)8-11-2-6-13(16)7-3-11/h2-3,6-7,10,12H,4-5,8-9H2,1H3,(H,17,19)/t10-/m0/s1. The summed E-state index contributed by atoms with van der Waals surface area (Å²) < 4.78 is 0.996. The Morgan fingerprint density at radius 2 is 1.95 bits per heavy atom. The molecule has 1 amide bonds. The Bertz CT molecular complexity index is 466. The van der Waals surface area contributed by atoms with Gasteiger partial charge in [0.25, 0.3) is 0 Å². The van der Waals surface area contributed by atoms with Crippen molar-refractivity contribution in [1.29, 1.82) is 0 Å². The number of benzene rings is 1. The number of hydrogen-bond donors (Lipinski definition) is 1. The van der Waals surface area contributed by atoms with Crippen molar-refractivity contribution in [1.82, 2.24) is 5.32 Å². The van der Waals surface area contributed by atoms with Gasteiger partial charge in [0.1, 0.15) is 0 Å². The lowest BCUT2D eigenvalue weighted by molar-refractivity contribution is -0.127. The molecule has 4 heteroatoms. The van der Waals surface area contributed by atoms with E-state index in [-0.39, 0.29) is 24.2 Å². The molecule has 0 bridgehead atoms. The maximum absolute atomic E-state index is 11.8. The molecule has 0 aliphatic heterocycles. The summed E-state index contributed by atoms with van der Waals surface area (Å²) in [5, 5.41) is 2.74. The molecule has 1 aliphatic carbocycles. The van der Waals surface area contributed by atoms with Gasteiger partial charge in [-0.3, -0.25) is 9.59 Å². The molecule has 0 spiro atoms. The van der Waals surface area contributed by atoms with E-state index in [4.69, 9.17) is 0 Å². The third-order valence-electron chi connectivity index (χ3n) is 3.52. The van der Waals surface area contributed by atoms with Gasteiger partial charge in [-0.2, -0.15) is 0 Å². The van der Waals surface area contributed by atoms with Gasteiger partial charge in [0.15, 0.2) is 5.78 Å². The Balaban J connectivity index is 1.75. The molecule has 1 fully saturated rings. The lowest BCUT2D eigenvalue weighted by atomic mass is 10.1. The zero-order valence-electron chi connectivity index (χ0n) is 11.0. The topological polar surface area (TPSA) is 46.2 Å². The van der Waals surface area contributed by atoms with Crippen LogP contribution in [0.25, 0.3) is 0 Å². The lowest BCUT2D eigenvalue weighted by Crippen LogP contribution is -2.34. The lowest BCUT2D eigenvalue weighted by Gasteiger charge is -2.10. The van der Waals surface area contributed by atoms with Crippen molar-refractivity contribution in [2.24, 2.45) is 11.8 Å². The molecule has 2 rings (SSSR count). The minimum Gasteiger partial charge on any atom is -0.349 e. The SMILES string of the molecule is C[C@H](C(=O)NCC(=O)Cc1ccc(Br)cc1)C1CC1. The van der Waals surface area contributed by atoms with Crippen molar-refractivity contribution >= 4 is 27.6 Å². The van der Waals surface area contributed by atoms with Gasteiger partial charge in [-0.15, -0.1) is 0 Å². The van der Waals surface area contributed by atoms with Crippen molar-refractivity contribution in [3.8, 4) is 0 Å². The third kappa shape index (κ3) is 4.46. The molecule has 19 heavy (non-hydrogen) atoms. The van der Waals surface area contributed by atoms with Crippen LogP contribution >= 0.6 is 15.9 Å². The molecule has 3 nitrogen and oxygen atoms in total. The summed E-state index contributed by atoms with van der Waals surface area (Å²) in [5.74, 6) is 0.618. The van der Waals surface area contributed by atoms with E-state index in [1.165, 1.54) is 0 Å². The summed E-state index contributed by atoms with van der Waals surface area (Å²) >= 11 is 3.35.